The van der Waals surface area contributed by atoms with Gasteiger partial charge in [0.25, 0.3) is 0 Å². The molecule has 0 unspecified atom stereocenters. The molecule has 0 fully saturated rings. The van der Waals surface area contributed by atoms with Gasteiger partial charge in [0.15, 0.2) is 0 Å². The molecular formula is C28H21Cl2N3O3S. The Balaban J connectivity index is 1.72. The zero-order valence-corrected chi connectivity index (χ0v) is 21.8. The molecule has 37 heavy (non-hydrogen) atoms. The number of primary amides is 1. The number of halogens is 2. The van der Waals surface area contributed by atoms with E-state index < -0.39 is 15.7 Å². The molecule has 1 heterocycles. The molecule has 186 valence electrons. The molecule has 6 nitrogen and oxygen atoms in total. The number of hydrogen-bond acceptors (Lipinski definition) is 4. The highest BCUT2D eigenvalue weighted by Gasteiger charge is 2.27. The lowest BCUT2D eigenvalue weighted by molar-refractivity contribution is 0.0997. The standard InChI is InChI=1S/C28H21Cl2N3O3S/c29-20-14-13-19(22(30)16-20)17-33-23-10-6-12-25(27(23)32-26(33)15-18-7-2-1-3-8-18)37(35,36)24-11-5-4-9-21(24)28(31)34/h1-14,16H,15,17H2,(H2,31,34). The van der Waals surface area contributed by atoms with Crippen LogP contribution < -0.4 is 5.73 Å². The highest BCUT2D eigenvalue weighted by molar-refractivity contribution is 7.91. The highest BCUT2D eigenvalue weighted by Crippen LogP contribution is 2.32. The number of nitrogens with two attached hydrogens (primary N) is 1. The summed E-state index contributed by atoms with van der Waals surface area (Å²) >= 11 is 12.6. The first kappa shape index (κ1) is 25.0. The van der Waals surface area contributed by atoms with Crippen molar-refractivity contribution in [3.63, 3.8) is 0 Å². The summed E-state index contributed by atoms with van der Waals surface area (Å²) in [5.74, 6) is -0.155. The fraction of sp³-hybridized carbons (Fsp3) is 0.0714. The monoisotopic (exact) mass is 549 g/mol. The summed E-state index contributed by atoms with van der Waals surface area (Å²) in [5.41, 5.74) is 8.16. The predicted molar refractivity (Wildman–Crippen MR) is 145 cm³/mol. The molecule has 1 amide bonds. The van der Waals surface area contributed by atoms with Gasteiger partial charge in [0.2, 0.25) is 15.7 Å². The molecule has 0 spiro atoms. The van der Waals surface area contributed by atoms with Crippen molar-refractivity contribution in [3.8, 4) is 0 Å². The van der Waals surface area contributed by atoms with Gasteiger partial charge in [-0.15, -0.1) is 0 Å². The van der Waals surface area contributed by atoms with Gasteiger partial charge in [0, 0.05) is 16.5 Å². The average Bonchev–Trinajstić information content (AvgIpc) is 3.22. The van der Waals surface area contributed by atoms with Crippen molar-refractivity contribution < 1.29 is 13.2 Å². The first-order chi connectivity index (χ1) is 17.8. The van der Waals surface area contributed by atoms with Crippen molar-refractivity contribution in [1.29, 1.82) is 0 Å². The third kappa shape index (κ3) is 4.85. The quantitative estimate of drug-likeness (QED) is 0.273. The van der Waals surface area contributed by atoms with Gasteiger partial charge in [-0.3, -0.25) is 4.79 Å². The Hall–Kier alpha value is -3.65. The van der Waals surface area contributed by atoms with Gasteiger partial charge in [-0.25, -0.2) is 13.4 Å². The van der Waals surface area contributed by atoms with Crippen LogP contribution in [0.2, 0.25) is 10.0 Å². The molecule has 5 aromatic rings. The van der Waals surface area contributed by atoms with Gasteiger partial charge < -0.3 is 10.3 Å². The number of para-hydroxylation sites is 1. The predicted octanol–water partition coefficient (Wildman–Crippen LogP) is 5.91. The topological polar surface area (TPSA) is 95.1 Å². The van der Waals surface area contributed by atoms with Crippen LogP contribution in [-0.4, -0.2) is 23.9 Å². The van der Waals surface area contributed by atoms with E-state index in [4.69, 9.17) is 33.9 Å². The molecule has 0 bridgehead atoms. The molecular weight excluding hydrogens is 529 g/mol. The second-order valence-electron chi connectivity index (χ2n) is 8.50. The molecule has 5 rings (SSSR count). The van der Waals surface area contributed by atoms with Crippen LogP contribution in [-0.2, 0) is 22.8 Å². The molecule has 2 N–H and O–H groups in total. The number of amides is 1. The Morgan fingerprint density at radius 2 is 1.57 bits per heavy atom. The summed E-state index contributed by atoms with van der Waals surface area (Å²) in [4.78, 5) is 16.7. The van der Waals surface area contributed by atoms with Crippen LogP contribution in [0.5, 0.6) is 0 Å². The highest BCUT2D eigenvalue weighted by atomic mass is 35.5. The molecule has 0 aliphatic heterocycles. The van der Waals surface area contributed by atoms with E-state index >= 15 is 0 Å². The Labute approximate surface area is 224 Å². The summed E-state index contributed by atoms with van der Waals surface area (Å²) in [5, 5.41) is 1.02. The average molecular weight is 550 g/mol. The van der Waals surface area contributed by atoms with Crippen molar-refractivity contribution in [2.75, 3.05) is 0 Å². The lowest BCUT2D eigenvalue weighted by Gasteiger charge is -2.12. The Morgan fingerprint density at radius 1 is 0.865 bits per heavy atom. The van der Waals surface area contributed by atoms with E-state index in [2.05, 4.69) is 0 Å². The SMILES string of the molecule is NC(=O)c1ccccc1S(=O)(=O)c1cccc2c1nc(Cc1ccccc1)n2Cc1ccc(Cl)cc1Cl. The van der Waals surface area contributed by atoms with Gasteiger partial charge >= 0.3 is 0 Å². The number of imidazole rings is 1. The number of nitrogens with zero attached hydrogens (tertiary/aromatic N) is 2. The fourth-order valence-corrected chi connectivity index (χ4v) is 6.40. The first-order valence-corrected chi connectivity index (χ1v) is 13.6. The molecule has 0 radical (unpaired) electrons. The molecule has 0 aliphatic rings. The summed E-state index contributed by atoms with van der Waals surface area (Å²) in [7, 11) is -4.12. The number of hydrogen-bond donors (Lipinski definition) is 1. The van der Waals surface area contributed by atoms with Crippen LogP contribution in [0.25, 0.3) is 11.0 Å². The maximum Gasteiger partial charge on any atom is 0.250 e. The van der Waals surface area contributed by atoms with E-state index in [1.807, 2.05) is 47.0 Å². The number of rotatable bonds is 7. The number of fused-ring (bicyclic) bond motifs is 1. The Kier molecular flexibility index (Phi) is 6.77. The summed E-state index contributed by atoms with van der Waals surface area (Å²) < 4.78 is 29.6. The van der Waals surface area contributed by atoms with Crippen LogP contribution in [0.4, 0.5) is 0 Å². The van der Waals surface area contributed by atoms with E-state index in [0.717, 1.165) is 11.1 Å². The molecule has 1 aromatic heterocycles. The lowest BCUT2D eigenvalue weighted by atomic mass is 10.1. The second kappa shape index (κ2) is 10.0. The van der Waals surface area contributed by atoms with E-state index in [-0.39, 0.29) is 15.4 Å². The minimum atomic E-state index is -4.12. The van der Waals surface area contributed by atoms with Crippen LogP contribution in [0, 0.1) is 0 Å². The van der Waals surface area contributed by atoms with Gasteiger partial charge in [-0.2, -0.15) is 0 Å². The maximum atomic E-state index is 13.8. The number of aromatic nitrogens is 2. The molecule has 0 saturated heterocycles. The van der Waals surface area contributed by atoms with Crippen LogP contribution >= 0.6 is 23.2 Å². The Bertz CT molecular complexity index is 1750. The normalized spacial score (nSPS) is 11.6. The van der Waals surface area contributed by atoms with Gasteiger partial charge in [-0.05, 0) is 47.5 Å². The molecule has 0 atom stereocenters. The summed E-state index contributed by atoms with van der Waals surface area (Å²) in [6.07, 6.45) is 0.470. The first-order valence-electron chi connectivity index (χ1n) is 11.4. The summed E-state index contributed by atoms with van der Waals surface area (Å²) in [6.45, 7) is 0.357. The zero-order chi connectivity index (χ0) is 26.2. The number of sulfone groups is 1. The fourth-order valence-electron chi connectivity index (χ4n) is 4.32. The number of benzene rings is 4. The van der Waals surface area contributed by atoms with E-state index in [1.54, 1.807) is 30.3 Å². The molecule has 0 aliphatic carbocycles. The van der Waals surface area contributed by atoms with Gasteiger partial charge in [-0.1, -0.05) is 77.8 Å². The van der Waals surface area contributed by atoms with Crippen LogP contribution in [0.1, 0.15) is 27.3 Å². The molecule has 0 saturated carbocycles. The molecule has 4 aromatic carbocycles. The van der Waals surface area contributed by atoms with Crippen LogP contribution in [0.3, 0.4) is 0 Å². The van der Waals surface area contributed by atoms with Gasteiger partial charge in [0.1, 0.15) is 11.3 Å². The third-order valence-electron chi connectivity index (χ3n) is 6.10. The van der Waals surface area contributed by atoms with Crippen LogP contribution in [0.15, 0.2) is 101 Å². The second-order valence-corrected chi connectivity index (χ2v) is 11.2. The summed E-state index contributed by atoms with van der Waals surface area (Å²) in [6, 6.07) is 25.9. The number of carbonyl (C=O) groups excluding carboxylic acids is 1. The largest absolute Gasteiger partial charge is 0.366 e. The molecule has 9 heteroatoms. The number of carbonyl (C=O) groups is 1. The zero-order valence-electron chi connectivity index (χ0n) is 19.4. The smallest absolute Gasteiger partial charge is 0.250 e. The van der Waals surface area contributed by atoms with Gasteiger partial charge in [0.05, 0.1) is 27.4 Å². The van der Waals surface area contributed by atoms with Crippen molar-refractivity contribution in [3.05, 3.63) is 124 Å². The van der Waals surface area contributed by atoms with E-state index in [0.29, 0.717) is 39.9 Å². The van der Waals surface area contributed by atoms with E-state index in [1.165, 1.54) is 18.2 Å². The Morgan fingerprint density at radius 3 is 2.30 bits per heavy atom. The van der Waals surface area contributed by atoms with Crippen molar-refractivity contribution in [1.82, 2.24) is 9.55 Å². The third-order valence-corrected chi connectivity index (χ3v) is 8.53. The van der Waals surface area contributed by atoms with E-state index in [9.17, 15) is 13.2 Å². The lowest BCUT2D eigenvalue weighted by Crippen LogP contribution is -2.16. The van der Waals surface area contributed by atoms with Crippen molar-refractivity contribution in [2.45, 2.75) is 22.8 Å². The van der Waals surface area contributed by atoms with Crippen molar-refractivity contribution in [2.24, 2.45) is 5.73 Å². The minimum absolute atomic E-state index is 0.00559. The maximum absolute atomic E-state index is 13.8. The van der Waals surface area contributed by atoms with Crippen molar-refractivity contribution >= 4 is 50.0 Å². The minimum Gasteiger partial charge on any atom is -0.366 e.